The molecule has 0 aromatic heterocycles. The molecule has 0 saturated heterocycles. The quantitative estimate of drug-likeness (QED) is 0.651. The van der Waals surface area contributed by atoms with Crippen LogP contribution >= 0.6 is 0 Å². The van der Waals surface area contributed by atoms with Crippen LogP contribution < -0.4 is 14.8 Å². The van der Waals surface area contributed by atoms with Crippen LogP contribution in [0.15, 0.2) is 71.1 Å². The highest BCUT2D eigenvalue weighted by molar-refractivity contribution is 6.04. The summed E-state index contributed by atoms with van der Waals surface area (Å²) in [5.74, 6) is 0.525. The molecule has 0 unspecified atom stereocenters. The van der Waals surface area contributed by atoms with Crippen LogP contribution in [0.1, 0.15) is 49.7 Å². The van der Waals surface area contributed by atoms with Gasteiger partial charge in [0, 0.05) is 29.0 Å². The van der Waals surface area contributed by atoms with Gasteiger partial charge in [0.05, 0.1) is 32.3 Å². The van der Waals surface area contributed by atoms with E-state index in [1.807, 2.05) is 62.4 Å². The van der Waals surface area contributed by atoms with Crippen molar-refractivity contribution in [1.29, 1.82) is 0 Å². The summed E-state index contributed by atoms with van der Waals surface area (Å²) >= 11 is 0. The van der Waals surface area contributed by atoms with Crippen LogP contribution in [0.25, 0.3) is 0 Å². The van der Waals surface area contributed by atoms with Crippen LogP contribution in [0.5, 0.6) is 11.5 Å². The van der Waals surface area contributed by atoms with Crippen molar-refractivity contribution in [3.05, 3.63) is 82.2 Å². The number of ether oxygens (including phenoxy) is 3. The van der Waals surface area contributed by atoms with Crippen LogP contribution in [0.4, 0.5) is 0 Å². The molecule has 0 spiro atoms. The Morgan fingerprint density at radius 3 is 2.45 bits per heavy atom. The molecule has 0 radical (unpaired) electrons. The van der Waals surface area contributed by atoms with E-state index in [0.717, 1.165) is 22.6 Å². The Kier molecular flexibility index (Phi) is 6.54. The van der Waals surface area contributed by atoms with Gasteiger partial charge in [0.2, 0.25) is 0 Å². The zero-order valence-corrected chi connectivity index (χ0v) is 19.4. The summed E-state index contributed by atoms with van der Waals surface area (Å²) in [7, 11) is 3.00. The first-order valence-corrected chi connectivity index (χ1v) is 11.2. The fourth-order valence-corrected chi connectivity index (χ4v) is 4.85. The van der Waals surface area contributed by atoms with E-state index >= 15 is 0 Å². The lowest BCUT2D eigenvalue weighted by atomic mass is 9.71. The number of hydrogen-bond donors (Lipinski definition) is 1. The van der Waals surface area contributed by atoms with Gasteiger partial charge in [0.25, 0.3) is 0 Å². The third-order valence-corrected chi connectivity index (χ3v) is 6.35. The normalized spacial score (nSPS) is 20.2. The van der Waals surface area contributed by atoms with Gasteiger partial charge in [-0.05, 0) is 49.9 Å². The monoisotopic (exact) mass is 447 g/mol. The number of nitrogens with one attached hydrogen (secondary N) is 1. The minimum absolute atomic E-state index is 0.0229. The average molecular weight is 448 g/mol. The fraction of sp³-hybridized carbons (Fsp3) is 0.333. The molecule has 6 nitrogen and oxygen atoms in total. The second kappa shape index (κ2) is 9.53. The van der Waals surface area contributed by atoms with Gasteiger partial charge in [-0.25, -0.2) is 4.79 Å². The summed E-state index contributed by atoms with van der Waals surface area (Å²) in [4.78, 5) is 26.5. The number of carbonyl (C=O) groups is 2. The number of benzene rings is 2. The van der Waals surface area contributed by atoms with E-state index in [1.54, 1.807) is 7.11 Å². The maximum Gasteiger partial charge on any atom is 0.336 e. The predicted octanol–water partition coefficient (Wildman–Crippen LogP) is 4.63. The standard InChI is InChI=1S/C27H29NO5/c1-5-33-23-9-7-6-8-20(23)25-24(27(30)32-4)16(2)28-21-14-18(15-22(29)26(21)25)17-10-12-19(31-3)13-11-17/h6-13,18,25,28H,5,14-15H2,1-4H3/t18-,25+/m0/s1. The smallest absolute Gasteiger partial charge is 0.336 e. The Labute approximate surface area is 194 Å². The lowest BCUT2D eigenvalue weighted by Crippen LogP contribution is -2.36. The number of esters is 1. The van der Waals surface area contributed by atoms with Crippen molar-refractivity contribution in [3.8, 4) is 11.5 Å². The summed E-state index contributed by atoms with van der Waals surface area (Å²) < 4.78 is 16.3. The minimum atomic E-state index is -0.541. The van der Waals surface area contributed by atoms with Gasteiger partial charge in [0.15, 0.2) is 5.78 Å². The van der Waals surface area contributed by atoms with Crippen LogP contribution in [-0.2, 0) is 14.3 Å². The van der Waals surface area contributed by atoms with Crippen molar-refractivity contribution in [2.24, 2.45) is 0 Å². The summed E-state index contributed by atoms with van der Waals surface area (Å²) in [5.41, 5.74) is 4.50. The number of ketones is 1. The van der Waals surface area contributed by atoms with Gasteiger partial charge in [-0.2, -0.15) is 0 Å². The third kappa shape index (κ3) is 4.25. The highest BCUT2D eigenvalue weighted by Gasteiger charge is 2.42. The molecule has 1 aliphatic heterocycles. The third-order valence-electron chi connectivity index (χ3n) is 6.35. The van der Waals surface area contributed by atoms with Crippen LogP contribution in [-0.4, -0.2) is 32.6 Å². The lowest BCUT2D eigenvalue weighted by molar-refractivity contribution is -0.136. The highest BCUT2D eigenvalue weighted by Crippen LogP contribution is 2.47. The first kappa shape index (κ1) is 22.6. The van der Waals surface area contributed by atoms with Crippen molar-refractivity contribution >= 4 is 11.8 Å². The molecule has 0 amide bonds. The largest absolute Gasteiger partial charge is 0.497 e. The number of Topliss-reactive ketones (excluding diaryl/α,β-unsaturated/α-hetero) is 1. The van der Waals surface area contributed by atoms with E-state index in [1.165, 1.54) is 7.11 Å². The van der Waals surface area contributed by atoms with Crippen LogP contribution in [0, 0.1) is 0 Å². The summed E-state index contributed by atoms with van der Waals surface area (Å²) in [6.07, 6.45) is 1.04. The molecule has 2 aliphatic rings. The molecule has 6 heteroatoms. The van der Waals surface area contributed by atoms with Crippen molar-refractivity contribution in [1.82, 2.24) is 5.32 Å². The Bertz CT molecular complexity index is 1130. The zero-order valence-electron chi connectivity index (χ0n) is 19.4. The van der Waals surface area contributed by atoms with E-state index in [4.69, 9.17) is 14.2 Å². The second-order valence-electron chi connectivity index (χ2n) is 8.25. The van der Waals surface area contributed by atoms with Gasteiger partial charge >= 0.3 is 5.97 Å². The number of hydrogen-bond acceptors (Lipinski definition) is 6. The number of methoxy groups -OCH3 is 2. The first-order valence-electron chi connectivity index (χ1n) is 11.2. The second-order valence-corrected chi connectivity index (χ2v) is 8.25. The molecule has 0 bridgehead atoms. The average Bonchev–Trinajstić information content (AvgIpc) is 2.83. The van der Waals surface area contributed by atoms with Crippen LogP contribution in [0.3, 0.4) is 0 Å². The molecule has 2 atom stereocenters. The number of dihydropyridines is 1. The van der Waals surface area contributed by atoms with E-state index in [9.17, 15) is 9.59 Å². The number of rotatable bonds is 6. The summed E-state index contributed by atoms with van der Waals surface area (Å²) in [6.45, 7) is 4.25. The highest BCUT2D eigenvalue weighted by atomic mass is 16.5. The Hall–Kier alpha value is -3.54. The molecule has 1 N–H and O–H groups in total. The molecule has 172 valence electrons. The molecule has 2 aromatic rings. The lowest BCUT2D eigenvalue weighted by Gasteiger charge is -2.37. The topological polar surface area (TPSA) is 73.9 Å². The number of carbonyl (C=O) groups excluding carboxylic acids is 2. The first-order chi connectivity index (χ1) is 16.0. The van der Waals surface area contributed by atoms with Crippen molar-refractivity contribution in [3.63, 3.8) is 0 Å². The van der Waals surface area contributed by atoms with E-state index < -0.39 is 11.9 Å². The molecule has 0 fully saturated rings. The van der Waals surface area contributed by atoms with E-state index in [-0.39, 0.29) is 11.7 Å². The molecular weight excluding hydrogens is 418 g/mol. The number of para-hydroxylation sites is 1. The molecule has 2 aromatic carbocycles. The van der Waals surface area contributed by atoms with Gasteiger partial charge in [-0.15, -0.1) is 0 Å². The summed E-state index contributed by atoms with van der Waals surface area (Å²) in [5, 5.41) is 3.36. The zero-order chi connectivity index (χ0) is 23.5. The van der Waals surface area contributed by atoms with Gasteiger partial charge in [-0.1, -0.05) is 30.3 Å². The fourth-order valence-electron chi connectivity index (χ4n) is 4.85. The van der Waals surface area contributed by atoms with E-state index in [2.05, 4.69) is 5.32 Å². The Morgan fingerprint density at radius 2 is 1.79 bits per heavy atom. The molecule has 33 heavy (non-hydrogen) atoms. The van der Waals surface area contributed by atoms with Crippen LogP contribution in [0.2, 0.25) is 0 Å². The predicted molar refractivity (Wildman–Crippen MR) is 125 cm³/mol. The Balaban J connectivity index is 1.80. The minimum Gasteiger partial charge on any atom is -0.497 e. The molecule has 1 aliphatic carbocycles. The molecular formula is C27H29NO5. The Morgan fingerprint density at radius 1 is 1.06 bits per heavy atom. The molecule has 1 heterocycles. The summed E-state index contributed by atoms with van der Waals surface area (Å²) in [6, 6.07) is 15.4. The molecule has 4 rings (SSSR count). The van der Waals surface area contributed by atoms with Gasteiger partial charge < -0.3 is 19.5 Å². The number of allylic oxidation sites excluding steroid dienone is 3. The van der Waals surface area contributed by atoms with Gasteiger partial charge in [0.1, 0.15) is 11.5 Å². The molecule has 0 saturated carbocycles. The maximum atomic E-state index is 13.6. The van der Waals surface area contributed by atoms with Crippen molar-refractivity contribution in [2.75, 3.05) is 20.8 Å². The van der Waals surface area contributed by atoms with Crippen molar-refractivity contribution < 1.29 is 23.8 Å². The van der Waals surface area contributed by atoms with Gasteiger partial charge in [-0.3, -0.25) is 4.79 Å². The van der Waals surface area contributed by atoms with E-state index in [0.29, 0.717) is 42.0 Å². The SMILES string of the molecule is CCOc1ccccc1[C@@H]1C(C(=O)OC)=C(C)NC2=C1C(=O)C[C@@H](c1ccc(OC)cc1)C2. The maximum absolute atomic E-state index is 13.6. The van der Waals surface area contributed by atoms with Crippen molar-refractivity contribution in [2.45, 2.75) is 38.5 Å².